The van der Waals surface area contributed by atoms with E-state index < -0.39 is 5.91 Å². The van der Waals surface area contributed by atoms with Crippen molar-refractivity contribution in [2.45, 2.75) is 0 Å². The van der Waals surface area contributed by atoms with Crippen molar-refractivity contribution in [2.24, 2.45) is 5.10 Å². The largest absolute Gasteiger partial charge is 0.504 e. The van der Waals surface area contributed by atoms with Gasteiger partial charge in [-0.3, -0.25) is 4.79 Å². The van der Waals surface area contributed by atoms with Gasteiger partial charge in [-0.15, -0.1) is 0 Å². The number of rotatable bonds is 6. The molecule has 0 saturated carbocycles. The predicted octanol–water partition coefficient (Wildman–Crippen LogP) is 2.18. The molecular weight excluding hydrogens is 312 g/mol. The van der Waals surface area contributed by atoms with Crippen LogP contribution in [-0.4, -0.2) is 38.6 Å². The van der Waals surface area contributed by atoms with Gasteiger partial charge in [0.2, 0.25) is 0 Å². The van der Waals surface area contributed by atoms with Crippen molar-refractivity contribution in [1.29, 1.82) is 0 Å². The number of phenols is 1. The van der Waals surface area contributed by atoms with E-state index in [1.807, 2.05) is 0 Å². The first-order valence-electron chi connectivity index (χ1n) is 7.01. The standard InChI is InChI=1S/C17H18N2O5/c1-22-14-7-5-12(9-16(14)24-3)17(21)19-18-10-11-4-6-13(20)15(8-11)23-2/h4-10,20H,1-3H3,(H,19,21)/b18-10+. The second kappa shape index (κ2) is 7.87. The Hall–Kier alpha value is -3.22. The Bertz CT molecular complexity index is 759. The summed E-state index contributed by atoms with van der Waals surface area (Å²) in [6.07, 6.45) is 1.45. The first-order chi connectivity index (χ1) is 11.6. The molecule has 0 fully saturated rings. The monoisotopic (exact) mass is 330 g/mol. The maximum absolute atomic E-state index is 12.1. The number of nitrogens with one attached hydrogen (secondary N) is 1. The Labute approximate surface area is 139 Å². The maximum atomic E-state index is 12.1. The summed E-state index contributed by atoms with van der Waals surface area (Å²) in [7, 11) is 4.47. The summed E-state index contributed by atoms with van der Waals surface area (Å²) in [5.41, 5.74) is 3.47. The first kappa shape index (κ1) is 17.1. The molecule has 126 valence electrons. The maximum Gasteiger partial charge on any atom is 0.271 e. The van der Waals surface area contributed by atoms with Crippen LogP contribution in [0.1, 0.15) is 15.9 Å². The Kier molecular flexibility index (Phi) is 5.62. The van der Waals surface area contributed by atoms with Crippen LogP contribution in [-0.2, 0) is 0 Å². The van der Waals surface area contributed by atoms with Gasteiger partial charge in [0.15, 0.2) is 23.0 Å². The van der Waals surface area contributed by atoms with Crippen LogP contribution in [0.3, 0.4) is 0 Å². The topological polar surface area (TPSA) is 89.4 Å². The van der Waals surface area contributed by atoms with E-state index in [0.717, 1.165) is 0 Å². The second-order valence-corrected chi connectivity index (χ2v) is 4.70. The fourth-order valence-electron chi connectivity index (χ4n) is 1.98. The number of phenolic OH excluding ortho intramolecular Hbond substituents is 1. The average molecular weight is 330 g/mol. The van der Waals surface area contributed by atoms with E-state index in [0.29, 0.717) is 28.4 Å². The first-order valence-corrected chi connectivity index (χ1v) is 7.01. The van der Waals surface area contributed by atoms with Gasteiger partial charge in [-0.25, -0.2) is 5.43 Å². The van der Waals surface area contributed by atoms with Crippen LogP contribution in [0.2, 0.25) is 0 Å². The summed E-state index contributed by atoms with van der Waals surface area (Å²) in [5.74, 6) is 0.957. The lowest BCUT2D eigenvalue weighted by molar-refractivity contribution is 0.0954. The molecule has 0 unspecified atom stereocenters. The molecule has 2 N–H and O–H groups in total. The van der Waals surface area contributed by atoms with Crippen molar-refractivity contribution in [3.05, 3.63) is 47.5 Å². The number of carbonyl (C=O) groups excluding carboxylic acids is 1. The molecule has 0 atom stereocenters. The molecule has 2 aromatic rings. The Morgan fingerprint density at radius 3 is 2.38 bits per heavy atom. The van der Waals surface area contributed by atoms with Crippen LogP contribution in [0.4, 0.5) is 0 Å². The zero-order valence-electron chi connectivity index (χ0n) is 13.6. The number of nitrogens with zero attached hydrogens (tertiary/aromatic N) is 1. The van der Waals surface area contributed by atoms with E-state index in [1.165, 1.54) is 33.6 Å². The van der Waals surface area contributed by atoms with Gasteiger partial charge in [-0.2, -0.15) is 5.10 Å². The van der Waals surface area contributed by atoms with Crippen LogP contribution in [0.15, 0.2) is 41.5 Å². The van der Waals surface area contributed by atoms with Gasteiger partial charge in [0.25, 0.3) is 5.91 Å². The molecule has 0 radical (unpaired) electrons. The number of hydrogen-bond donors (Lipinski definition) is 2. The van der Waals surface area contributed by atoms with E-state index in [1.54, 1.807) is 30.3 Å². The number of ether oxygens (including phenoxy) is 3. The molecule has 24 heavy (non-hydrogen) atoms. The Morgan fingerprint density at radius 2 is 1.71 bits per heavy atom. The zero-order chi connectivity index (χ0) is 17.5. The molecule has 0 saturated heterocycles. The van der Waals surface area contributed by atoms with Gasteiger partial charge >= 0.3 is 0 Å². The summed E-state index contributed by atoms with van der Waals surface area (Å²) in [4.78, 5) is 12.1. The van der Waals surface area contributed by atoms with Crippen LogP contribution >= 0.6 is 0 Å². The van der Waals surface area contributed by atoms with Gasteiger partial charge < -0.3 is 19.3 Å². The normalized spacial score (nSPS) is 10.5. The smallest absolute Gasteiger partial charge is 0.271 e. The summed E-state index contributed by atoms with van der Waals surface area (Å²) in [6, 6.07) is 9.53. The van der Waals surface area contributed by atoms with Gasteiger partial charge in [0.05, 0.1) is 27.5 Å². The van der Waals surface area contributed by atoms with Crippen LogP contribution in [0.5, 0.6) is 23.0 Å². The fraction of sp³-hybridized carbons (Fsp3) is 0.176. The summed E-state index contributed by atoms with van der Waals surface area (Å²) in [6.45, 7) is 0. The molecule has 0 heterocycles. The number of hydrazone groups is 1. The third-order valence-electron chi connectivity index (χ3n) is 3.23. The SMILES string of the molecule is COc1cc(/C=N/NC(=O)c2ccc(OC)c(OC)c2)ccc1O. The highest BCUT2D eigenvalue weighted by atomic mass is 16.5. The highest BCUT2D eigenvalue weighted by Crippen LogP contribution is 2.27. The molecular formula is C17H18N2O5. The molecule has 0 aromatic heterocycles. The van der Waals surface area contributed by atoms with E-state index in [2.05, 4.69) is 10.5 Å². The number of benzene rings is 2. The highest BCUT2D eigenvalue weighted by Gasteiger charge is 2.10. The minimum Gasteiger partial charge on any atom is -0.504 e. The zero-order valence-corrected chi connectivity index (χ0v) is 13.6. The molecule has 1 amide bonds. The highest BCUT2D eigenvalue weighted by molar-refractivity contribution is 5.95. The van der Waals surface area contributed by atoms with Crippen LogP contribution in [0.25, 0.3) is 0 Å². The molecule has 0 aliphatic heterocycles. The number of hydrogen-bond acceptors (Lipinski definition) is 6. The van der Waals surface area contributed by atoms with E-state index in [-0.39, 0.29) is 5.75 Å². The molecule has 2 aromatic carbocycles. The van der Waals surface area contributed by atoms with Gasteiger partial charge in [0.1, 0.15) is 0 Å². The van der Waals surface area contributed by atoms with Crippen molar-refractivity contribution in [3.63, 3.8) is 0 Å². The molecule has 2 rings (SSSR count). The number of methoxy groups -OCH3 is 3. The molecule has 0 bridgehead atoms. The van der Waals surface area contributed by atoms with Crippen molar-refractivity contribution in [3.8, 4) is 23.0 Å². The Morgan fingerprint density at radius 1 is 1.00 bits per heavy atom. The lowest BCUT2D eigenvalue weighted by Gasteiger charge is -2.08. The lowest BCUT2D eigenvalue weighted by atomic mass is 10.2. The van der Waals surface area contributed by atoms with Crippen LogP contribution < -0.4 is 19.6 Å². The minimum absolute atomic E-state index is 0.0315. The number of carbonyl (C=O) groups is 1. The second-order valence-electron chi connectivity index (χ2n) is 4.70. The summed E-state index contributed by atoms with van der Waals surface area (Å²) < 4.78 is 15.3. The molecule has 0 spiro atoms. The molecule has 7 nitrogen and oxygen atoms in total. The van der Waals surface area contributed by atoms with Crippen molar-refractivity contribution in [1.82, 2.24) is 5.43 Å². The fourth-order valence-corrected chi connectivity index (χ4v) is 1.98. The van der Waals surface area contributed by atoms with Gasteiger partial charge in [-0.05, 0) is 42.0 Å². The Balaban J connectivity index is 2.07. The van der Waals surface area contributed by atoms with Gasteiger partial charge in [-0.1, -0.05) is 0 Å². The van der Waals surface area contributed by atoms with E-state index in [4.69, 9.17) is 14.2 Å². The molecule has 0 aliphatic rings. The van der Waals surface area contributed by atoms with E-state index >= 15 is 0 Å². The van der Waals surface area contributed by atoms with Crippen LogP contribution in [0, 0.1) is 0 Å². The number of amides is 1. The quantitative estimate of drug-likeness (QED) is 0.626. The van der Waals surface area contributed by atoms with Crippen molar-refractivity contribution in [2.75, 3.05) is 21.3 Å². The number of aromatic hydroxyl groups is 1. The lowest BCUT2D eigenvalue weighted by Crippen LogP contribution is -2.17. The average Bonchev–Trinajstić information content (AvgIpc) is 2.62. The summed E-state index contributed by atoms with van der Waals surface area (Å²) >= 11 is 0. The molecule has 0 aliphatic carbocycles. The predicted molar refractivity (Wildman–Crippen MR) is 89.3 cm³/mol. The van der Waals surface area contributed by atoms with Crippen molar-refractivity contribution >= 4 is 12.1 Å². The van der Waals surface area contributed by atoms with E-state index in [9.17, 15) is 9.90 Å². The summed E-state index contributed by atoms with van der Waals surface area (Å²) in [5, 5.41) is 13.4. The third-order valence-corrected chi connectivity index (χ3v) is 3.23. The molecule has 7 heteroatoms. The third kappa shape index (κ3) is 3.95. The van der Waals surface area contributed by atoms with Crippen molar-refractivity contribution < 1.29 is 24.1 Å². The van der Waals surface area contributed by atoms with Gasteiger partial charge in [0, 0.05) is 5.56 Å². The minimum atomic E-state index is -0.391.